The normalized spacial score (nSPS) is 18.1. The standard InChI is InChI=1S/C27H31N7O5/c1-16(39-17(2)35)27(37)32(3)19-6-8-20(9-7-19)34-15-18-12-21(24(38-4)13-22(18)31-34)26(36)30-23-14-29-33-11-5-10-28-25(23)33/h5,10-16,19-20H,6-9H2,1-4H3,(H,30,36)/t16-,19?,20?/m0/s1. The van der Waals surface area contributed by atoms with E-state index in [4.69, 9.17) is 14.6 Å². The summed E-state index contributed by atoms with van der Waals surface area (Å²) in [5.74, 6) is -0.585. The van der Waals surface area contributed by atoms with Gasteiger partial charge in [0, 0.05) is 50.1 Å². The Labute approximate surface area is 224 Å². The minimum Gasteiger partial charge on any atom is -0.496 e. The Hall–Kier alpha value is -4.48. The lowest BCUT2D eigenvalue weighted by atomic mass is 9.90. The average Bonchev–Trinajstić information content (AvgIpc) is 3.55. The summed E-state index contributed by atoms with van der Waals surface area (Å²) in [6.45, 7) is 2.89. The molecule has 1 aromatic carbocycles. The summed E-state index contributed by atoms with van der Waals surface area (Å²) in [5, 5.41) is 12.7. The van der Waals surface area contributed by atoms with E-state index in [1.165, 1.54) is 14.0 Å². The van der Waals surface area contributed by atoms with E-state index in [1.54, 1.807) is 60.2 Å². The average molecular weight is 534 g/mol. The van der Waals surface area contributed by atoms with E-state index in [2.05, 4.69) is 15.4 Å². The van der Waals surface area contributed by atoms with Gasteiger partial charge >= 0.3 is 5.97 Å². The molecule has 0 radical (unpaired) electrons. The highest BCUT2D eigenvalue weighted by Crippen LogP contribution is 2.33. The number of rotatable bonds is 7. The Morgan fingerprint density at radius 2 is 1.95 bits per heavy atom. The van der Waals surface area contributed by atoms with Crippen LogP contribution in [0.4, 0.5) is 5.69 Å². The van der Waals surface area contributed by atoms with E-state index in [1.807, 2.05) is 10.9 Å². The van der Waals surface area contributed by atoms with Crippen molar-refractivity contribution in [3.05, 3.63) is 48.5 Å². The zero-order chi connectivity index (χ0) is 27.7. The molecule has 1 fully saturated rings. The highest BCUT2D eigenvalue weighted by molar-refractivity contribution is 6.09. The molecule has 3 aromatic heterocycles. The fourth-order valence-electron chi connectivity index (χ4n) is 5.19. The van der Waals surface area contributed by atoms with Gasteiger partial charge in [0.25, 0.3) is 11.8 Å². The van der Waals surface area contributed by atoms with Crippen LogP contribution in [-0.2, 0) is 14.3 Å². The van der Waals surface area contributed by atoms with Gasteiger partial charge in [-0.1, -0.05) is 0 Å². The van der Waals surface area contributed by atoms with Crippen LogP contribution < -0.4 is 10.1 Å². The second kappa shape index (κ2) is 10.7. The summed E-state index contributed by atoms with van der Waals surface area (Å²) in [7, 11) is 3.28. The number of benzene rings is 1. The van der Waals surface area contributed by atoms with Gasteiger partial charge in [-0.2, -0.15) is 10.2 Å². The first-order valence-electron chi connectivity index (χ1n) is 12.9. The number of fused-ring (bicyclic) bond motifs is 2. The van der Waals surface area contributed by atoms with Crippen molar-refractivity contribution in [1.82, 2.24) is 29.3 Å². The van der Waals surface area contributed by atoms with Gasteiger partial charge in [0.2, 0.25) is 0 Å². The third-order valence-corrected chi connectivity index (χ3v) is 7.24. The van der Waals surface area contributed by atoms with Gasteiger partial charge < -0.3 is 19.7 Å². The number of aromatic nitrogens is 5. The number of amides is 2. The predicted molar refractivity (Wildman–Crippen MR) is 143 cm³/mol. The minimum atomic E-state index is -0.799. The van der Waals surface area contributed by atoms with Crippen molar-refractivity contribution in [2.24, 2.45) is 0 Å². The Kier molecular flexibility index (Phi) is 7.18. The van der Waals surface area contributed by atoms with Crippen LogP contribution in [0.5, 0.6) is 5.75 Å². The third kappa shape index (κ3) is 5.27. The Morgan fingerprint density at radius 1 is 1.18 bits per heavy atom. The summed E-state index contributed by atoms with van der Waals surface area (Å²) in [6.07, 6.45) is 9.39. The van der Waals surface area contributed by atoms with Gasteiger partial charge in [0.15, 0.2) is 11.8 Å². The Balaban J connectivity index is 1.29. The van der Waals surface area contributed by atoms with Crippen LogP contribution in [0, 0.1) is 0 Å². The van der Waals surface area contributed by atoms with Crippen molar-refractivity contribution in [2.45, 2.75) is 57.7 Å². The predicted octanol–water partition coefficient (Wildman–Crippen LogP) is 3.23. The molecule has 1 N–H and O–H groups in total. The van der Waals surface area contributed by atoms with E-state index in [0.717, 1.165) is 36.6 Å². The molecule has 0 unspecified atom stereocenters. The number of methoxy groups -OCH3 is 1. The molecule has 1 saturated carbocycles. The smallest absolute Gasteiger partial charge is 0.303 e. The topological polar surface area (TPSA) is 133 Å². The highest BCUT2D eigenvalue weighted by atomic mass is 16.5. The molecule has 4 aromatic rings. The molecular weight excluding hydrogens is 502 g/mol. The number of anilines is 1. The number of carbonyl (C=O) groups excluding carboxylic acids is 3. The van der Waals surface area contributed by atoms with Crippen molar-refractivity contribution < 1.29 is 23.9 Å². The lowest BCUT2D eigenvalue weighted by molar-refractivity contribution is -0.158. The van der Waals surface area contributed by atoms with Crippen LogP contribution >= 0.6 is 0 Å². The van der Waals surface area contributed by atoms with Crippen molar-refractivity contribution in [2.75, 3.05) is 19.5 Å². The van der Waals surface area contributed by atoms with E-state index < -0.39 is 12.1 Å². The molecule has 1 atom stereocenters. The minimum absolute atomic E-state index is 0.0709. The molecule has 39 heavy (non-hydrogen) atoms. The Morgan fingerprint density at radius 3 is 2.67 bits per heavy atom. The molecule has 12 heteroatoms. The number of carbonyl (C=O) groups is 3. The first-order valence-corrected chi connectivity index (χ1v) is 12.9. The number of hydrogen-bond acceptors (Lipinski definition) is 8. The van der Waals surface area contributed by atoms with Crippen LogP contribution in [-0.4, -0.2) is 73.4 Å². The lowest BCUT2D eigenvalue weighted by Gasteiger charge is -2.35. The van der Waals surface area contributed by atoms with Crippen molar-refractivity contribution in [3.63, 3.8) is 0 Å². The van der Waals surface area contributed by atoms with Crippen LogP contribution in [0.2, 0.25) is 0 Å². The summed E-state index contributed by atoms with van der Waals surface area (Å²) >= 11 is 0. The molecule has 1 aliphatic rings. The van der Waals surface area contributed by atoms with Crippen LogP contribution in [0.3, 0.4) is 0 Å². The number of likely N-dealkylation sites (N-methyl/N-ethyl adjacent to an activating group) is 1. The first-order chi connectivity index (χ1) is 18.7. The number of nitrogens with zero attached hydrogens (tertiary/aromatic N) is 6. The summed E-state index contributed by atoms with van der Waals surface area (Å²) in [5.41, 5.74) is 2.15. The lowest BCUT2D eigenvalue weighted by Crippen LogP contribution is -2.45. The van der Waals surface area contributed by atoms with Crippen molar-refractivity contribution >= 4 is 40.0 Å². The molecule has 0 spiro atoms. The zero-order valence-electron chi connectivity index (χ0n) is 22.3. The molecular formula is C27H31N7O5. The fraction of sp³-hybridized carbons (Fsp3) is 0.407. The molecule has 1 aliphatic carbocycles. The largest absolute Gasteiger partial charge is 0.496 e. The molecule has 0 aliphatic heterocycles. The molecule has 2 amide bonds. The molecule has 0 bridgehead atoms. The second-order valence-corrected chi connectivity index (χ2v) is 9.78. The summed E-state index contributed by atoms with van der Waals surface area (Å²) < 4.78 is 14.1. The maximum atomic E-state index is 13.2. The number of hydrogen-bond donors (Lipinski definition) is 1. The van der Waals surface area contributed by atoms with Gasteiger partial charge in [-0.25, -0.2) is 9.50 Å². The SMILES string of the molecule is COc1cc2nn(C3CCC(N(C)C(=O)[C@H](C)OC(C)=O)CC3)cc2cc1C(=O)Nc1cnn2cccnc12. The quantitative estimate of drug-likeness (QED) is 0.358. The fourth-order valence-corrected chi connectivity index (χ4v) is 5.19. The van der Waals surface area contributed by atoms with Gasteiger partial charge in [-0.05, 0) is 44.7 Å². The molecule has 3 heterocycles. The molecule has 12 nitrogen and oxygen atoms in total. The Bertz CT molecular complexity index is 1540. The van der Waals surface area contributed by atoms with Gasteiger partial charge in [-0.3, -0.25) is 19.1 Å². The molecule has 5 rings (SSSR count). The van der Waals surface area contributed by atoms with Gasteiger partial charge in [-0.15, -0.1) is 0 Å². The molecule has 0 saturated heterocycles. The maximum Gasteiger partial charge on any atom is 0.303 e. The third-order valence-electron chi connectivity index (χ3n) is 7.24. The number of esters is 1. The van der Waals surface area contributed by atoms with Crippen molar-refractivity contribution in [3.8, 4) is 5.75 Å². The van der Waals surface area contributed by atoms with Crippen LogP contribution in [0.1, 0.15) is 55.9 Å². The van der Waals surface area contributed by atoms with E-state index in [9.17, 15) is 14.4 Å². The van der Waals surface area contributed by atoms with E-state index in [-0.39, 0.29) is 23.9 Å². The molecule has 204 valence electrons. The summed E-state index contributed by atoms with van der Waals surface area (Å²) in [4.78, 5) is 43.0. The van der Waals surface area contributed by atoms with Crippen LogP contribution in [0.15, 0.2) is 43.0 Å². The summed E-state index contributed by atoms with van der Waals surface area (Å²) in [6, 6.07) is 5.54. The zero-order valence-corrected chi connectivity index (χ0v) is 22.3. The van der Waals surface area contributed by atoms with E-state index in [0.29, 0.717) is 22.6 Å². The second-order valence-electron chi connectivity index (χ2n) is 9.78. The van der Waals surface area contributed by atoms with Gasteiger partial charge in [0.05, 0.1) is 30.4 Å². The van der Waals surface area contributed by atoms with Crippen LogP contribution in [0.25, 0.3) is 16.6 Å². The van der Waals surface area contributed by atoms with Gasteiger partial charge in [0.1, 0.15) is 11.4 Å². The van der Waals surface area contributed by atoms with Crippen molar-refractivity contribution in [1.29, 1.82) is 0 Å². The highest BCUT2D eigenvalue weighted by Gasteiger charge is 2.31. The van der Waals surface area contributed by atoms with E-state index >= 15 is 0 Å². The maximum absolute atomic E-state index is 13.2. The monoisotopic (exact) mass is 533 g/mol. The number of ether oxygens (including phenoxy) is 2. The first kappa shape index (κ1) is 26.1. The number of nitrogens with one attached hydrogen (secondary N) is 1.